The molecule has 0 amide bonds. The zero-order valence-corrected chi connectivity index (χ0v) is 10.1. The Bertz CT molecular complexity index is 278. The molecule has 2 atom stereocenters. The van der Waals surface area contributed by atoms with Gasteiger partial charge in [-0.2, -0.15) is 0 Å². The number of oxime groups is 1. The fraction of sp³-hybridized carbons (Fsp3) is 0.818. The van der Waals surface area contributed by atoms with E-state index in [1.165, 1.54) is 0 Å². The molecule has 0 aromatic heterocycles. The normalized spacial score (nSPS) is 29.3. The monoisotopic (exact) mass is 228 g/mol. The third-order valence-electron chi connectivity index (χ3n) is 2.97. The van der Waals surface area contributed by atoms with Crippen molar-refractivity contribution in [3.8, 4) is 0 Å². The van der Waals surface area contributed by atoms with Gasteiger partial charge in [0.15, 0.2) is 0 Å². The Labute approximate surface area is 96.1 Å². The molecule has 1 aliphatic heterocycles. The highest BCUT2D eigenvalue weighted by Crippen LogP contribution is 2.19. The van der Waals surface area contributed by atoms with Gasteiger partial charge in [-0.15, -0.1) is 0 Å². The lowest BCUT2D eigenvalue weighted by atomic mass is 9.93. The first-order valence-corrected chi connectivity index (χ1v) is 5.69. The van der Waals surface area contributed by atoms with Crippen LogP contribution in [0.15, 0.2) is 5.16 Å². The average molecular weight is 228 g/mol. The quantitative estimate of drug-likeness (QED) is 0.446. The molecule has 0 spiro atoms. The molecule has 5 heteroatoms. The molecule has 1 N–H and O–H groups in total. The van der Waals surface area contributed by atoms with E-state index >= 15 is 0 Å². The summed E-state index contributed by atoms with van der Waals surface area (Å²) >= 11 is 0. The maximum atomic E-state index is 11.4. The first-order valence-electron chi connectivity index (χ1n) is 5.69. The molecule has 1 rings (SSSR count). The second kappa shape index (κ2) is 5.84. The van der Waals surface area contributed by atoms with Crippen molar-refractivity contribution in [2.45, 2.75) is 33.2 Å². The minimum atomic E-state index is -0.189. The molecule has 0 unspecified atom stereocenters. The Kier molecular flexibility index (Phi) is 4.73. The molecule has 0 aromatic rings. The zero-order chi connectivity index (χ0) is 12.1. The molecule has 0 saturated carbocycles. The van der Waals surface area contributed by atoms with E-state index in [0.717, 1.165) is 12.3 Å². The number of hydrogen-bond acceptors (Lipinski definition) is 5. The fourth-order valence-electron chi connectivity index (χ4n) is 2.00. The Morgan fingerprint density at radius 2 is 2.31 bits per heavy atom. The van der Waals surface area contributed by atoms with Crippen molar-refractivity contribution in [3.05, 3.63) is 0 Å². The summed E-state index contributed by atoms with van der Waals surface area (Å²) in [4.78, 5) is 13.4. The lowest BCUT2D eigenvalue weighted by Crippen LogP contribution is -2.47. The summed E-state index contributed by atoms with van der Waals surface area (Å²) in [6, 6.07) is 0.214. The van der Waals surface area contributed by atoms with E-state index < -0.39 is 0 Å². The van der Waals surface area contributed by atoms with Crippen LogP contribution >= 0.6 is 0 Å². The maximum Gasteiger partial charge on any atom is 0.320 e. The van der Waals surface area contributed by atoms with Gasteiger partial charge in [0.1, 0.15) is 0 Å². The van der Waals surface area contributed by atoms with Gasteiger partial charge in [0, 0.05) is 24.9 Å². The maximum absolute atomic E-state index is 11.4. The lowest BCUT2D eigenvalue weighted by Gasteiger charge is -2.36. The molecule has 1 aliphatic rings. The summed E-state index contributed by atoms with van der Waals surface area (Å²) in [5, 5.41) is 12.1. The van der Waals surface area contributed by atoms with Crippen LogP contribution in [0.5, 0.6) is 0 Å². The van der Waals surface area contributed by atoms with E-state index in [1.807, 2.05) is 13.8 Å². The van der Waals surface area contributed by atoms with E-state index in [0.29, 0.717) is 19.6 Å². The second-order valence-corrected chi connectivity index (χ2v) is 4.28. The summed E-state index contributed by atoms with van der Waals surface area (Å²) in [6.45, 7) is 7.30. The number of likely N-dealkylation sites (tertiary alicyclic amines) is 1. The Hall–Kier alpha value is -1.10. The largest absolute Gasteiger partial charge is 0.465 e. The van der Waals surface area contributed by atoms with E-state index in [9.17, 15) is 4.79 Å². The minimum Gasteiger partial charge on any atom is -0.465 e. The second-order valence-electron chi connectivity index (χ2n) is 4.28. The highest BCUT2D eigenvalue weighted by atomic mass is 16.5. The molecule has 0 aliphatic carbocycles. The van der Waals surface area contributed by atoms with Gasteiger partial charge in [-0.3, -0.25) is 9.69 Å². The number of hydrogen-bond donors (Lipinski definition) is 1. The summed E-state index contributed by atoms with van der Waals surface area (Å²) in [5.74, 6) is 0.00145. The van der Waals surface area contributed by atoms with Crippen molar-refractivity contribution >= 4 is 11.7 Å². The molecule has 0 bridgehead atoms. The van der Waals surface area contributed by atoms with Crippen LogP contribution in [0.3, 0.4) is 0 Å². The van der Waals surface area contributed by atoms with Crippen molar-refractivity contribution in [2.75, 3.05) is 19.7 Å². The first kappa shape index (κ1) is 13.0. The van der Waals surface area contributed by atoms with Gasteiger partial charge in [-0.05, 0) is 13.8 Å². The van der Waals surface area contributed by atoms with Crippen molar-refractivity contribution in [3.63, 3.8) is 0 Å². The topological polar surface area (TPSA) is 62.1 Å². The third-order valence-corrected chi connectivity index (χ3v) is 2.97. The number of piperidine rings is 1. The van der Waals surface area contributed by atoms with Gasteiger partial charge in [0.05, 0.1) is 18.9 Å². The zero-order valence-electron chi connectivity index (χ0n) is 10.1. The fourth-order valence-corrected chi connectivity index (χ4v) is 2.00. The summed E-state index contributed by atoms with van der Waals surface area (Å²) in [5.41, 5.74) is 0.813. The SMILES string of the molecule is CCOC(=O)CN1C[C@@H](C)/C(=N\O)C[C@H]1C. The van der Waals surface area contributed by atoms with Crippen LogP contribution in [0.1, 0.15) is 27.2 Å². The van der Waals surface area contributed by atoms with Crippen LogP contribution < -0.4 is 0 Å². The first-order chi connectivity index (χ1) is 7.58. The van der Waals surface area contributed by atoms with E-state index in [-0.39, 0.29) is 17.9 Å². The van der Waals surface area contributed by atoms with Gasteiger partial charge < -0.3 is 9.94 Å². The Balaban J connectivity index is 2.53. The van der Waals surface area contributed by atoms with E-state index in [4.69, 9.17) is 9.94 Å². The van der Waals surface area contributed by atoms with Crippen molar-refractivity contribution in [1.82, 2.24) is 4.90 Å². The smallest absolute Gasteiger partial charge is 0.320 e. The van der Waals surface area contributed by atoms with Crippen molar-refractivity contribution < 1.29 is 14.7 Å². The van der Waals surface area contributed by atoms with Gasteiger partial charge in [0.2, 0.25) is 0 Å². The summed E-state index contributed by atoms with van der Waals surface area (Å²) < 4.78 is 4.92. The molecule has 1 fully saturated rings. The van der Waals surface area contributed by atoms with Crippen LogP contribution in [0, 0.1) is 5.92 Å². The van der Waals surface area contributed by atoms with Crippen LogP contribution in [0.25, 0.3) is 0 Å². The number of carbonyl (C=O) groups excluding carboxylic acids is 1. The van der Waals surface area contributed by atoms with Crippen LogP contribution in [0.4, 0.5) is 0 Å². The number of carbonyl (C=O) groups is 1. The molecule has 5 nitrogen and oxygen atoms in total. The van der Waals surface area contributed by atoms with Gasteiger partial charge in [-0.25, -0.2) is 0 Å². The summed E-state index contributed by atoms with van der Waals surface area (Å²) in [7, 11) is 0. The molecule has 0 radical (unpaired) electrons. The molecule has 0 aromatic carbocycles. The van der Waals surface area contributed by atoms with E-state index in [2.05, 4.69) is 10.1 Å². The number of nitrogens with zero attached hydrogens (tertiary/aromatic N) is 2. The van der Waals surface area contributed by atoms with Gasteiger partial charge in [-0.1, -0.05) is 12.1 Å². The lowest BCUT2D eigenvalue weighted by molar-refractivity contribution is -0.145. The van der Waals surface area contributed by atoms with Crippen LogP contribution in [-0.2, 0) is 9.53 Å². The predicted molar refractivity (Wildman–Crippen MR) is 60.7 cm³/mol. The molecule has 92 valence electrons. The number of esters is 1. The predicted octanol–water partition coefficient (Wildman–Crippen LogP) is 1.11. The average Bonchev–Trinajstić information content (AvgIpc) is 2.23. The third kappa shape index (κ3) is 3.20. The standard InChI is InChI=1S/C11H20N2O3/c1-4-16-11(14)7-13-6-8(2)10(12-15)5-9(13)3/h8-9,15H,4-7H2,1-3H3/b12-10-/t8-,9-/m1/s1. The van der Waals surface area contributed by atoms with Crippen LogP contribution in [-0.4, -0.2) is 47.5 Å². The van der Waals surface area contributed by atoms with Crippen molar-refractivity contribution in [1.29, 1.82) is 0 Å². The molecular weight excluding hydrogens is 208 g/mol. The Morgan fingerprint density at radius 3 is 2.88 bits per heavy atom. The van der Waals surface area contributed by atoms with Gasteiger partial charge >= 0.3 is 5.97 Å². The van der Waals surface area contributed by atoms with Crippen LogP contribution in [0.2, 0.25) is 0 Å². The molecular formula is C11H20N2O3. The number of rotatable bonds is 3. The number of ether oxygens (including phenoxy) is 1. The highest BCUT2D eigenvalue weighted by molar-refractivity contribution is 5.87. The summed E-state index contributed by atoms with van der Waals surface area (Å²) in [6.07, 6.45) is 0.705. The highest BCUT2D eigenvalue weighted by Gasteiger charge is 2.29. The molecule has 1 heterocycles. The van der Waals surface area contributed by atoms with Gasteiger partial charge in [0.25, 0.3) is 0 Å². The molecule has 1 saturated heterocycles. The van der Waals surface area contributed by atoms with Crippen molar-refractivity contribution in [2.24, 2.45) is 11.1 Å². The van der Waals surface area contributed by atoms with E-state index in [1.54, 1.807) is 6.92 Å². The minimum absolute atomic E-state index is 0.189. The Morgan fingerprint density at radius 1 is 1.62 bits per heavy atom. The molecule has 16 heavy (non-hydrogen) atoms.